The van der Waals surface area contributed by atoms with E-state index in [0.29, 0.717) is 11.5 Å². The third kappa shape index (κ3) is 4.03. The fraction of sp³-hybridized carbons (Fsp3) is 0.217. The number of rotatable bonds is 5. The highest BCUT2D eigenvalue weighted by atomic mass is 35.5. The highest BCUT2D eigenvalue weighted by Crippen LogP contribution is 2.30. The lowest BCUT2D eigenvalue weighted by Gasteiger charge is -2.14. The van der Waals surface area contributed by atoms with Crippen molar-refractivity contribution >= 4 is 38.3 Å². The molecule has 166 valence electrons. The molecule has 32 heavy (non-hydrogen) atoms. The Morgan fingerprint density at radius 3 is 2.47 bits per heavy atom. The molecule has 0 bridgehead atoms. The summed E-state index contributed by atoms with van der Waals surface area (Å²) in [5.41, 5.74) is 4.71. The molecule has 2 aromatic carbocycles. The molecule has 0 saturated heterocycles. The van der Waals surface area contributed by atoms with Gasteiger partial charge in [-0.2, -0.15) is 9.78 Å². The van der Waals surface area contributed by atoms with E-state index < -0.39 is 10.0 Å². The lowest BCUT2D eigenvalue weighted by molar-refractivity contribution is 0.403. The highest BCUT2D eigenvalue weighted by Gasteiger charge is 2.23. The molecule has 2 heterocycles. The molecule has 0 aliphatic heterocycles. The van der Waals surface area contributed by atoms with Crippen LogP contribution in [0.25, 0.3) is 16.7 Å². The summed E-state index contributed by atoms with van der Waals surface area (Å²) in [6.45, 7) is 7.85. The van der Waals surface area contributed by atoms with Gasteiger partial charge in [-0.3, -0.25) is 4.72 Å². The fourth-order valence-corrected chi connectivity index (χ4v) is 5.20. The van der Waals surface area contributed by atoms with Gasteiger partial charge in [0.25, 0.3) is 10.0 Å². The van der Waals surface area contributed by atoms with Gasteiger partial charge in [0.2, 0.25) is 0 Å². The van der Waals surface area contributed by atoms with Gasteiger partial charge >= 0.3 is 0 Å². The first-order chi connectivity index (χ1) is 15.1. The highest BCUT2D eigenvalue weighted by molar-refractivity contribution is 7.92. The van der Waals surface area contributed by atoms with Crippen molar-refractivity contribution in [3.05, 3.63) is 69.9 Å². The molecule has 0 spiro atoms. The van der Waals surface area contributed by atoms with Gasteiger partial charge in [-0.05, 0) is 69.2 Å². The standard InChI is InChI=1S/C23H23ClN4O3S/c1-13-8-15(3)23-18(9-13)14(2)10-21(25-23)28-22(11-16(4)26-28)27-32(29,30)20-12-17(24)6-7-19(20)31-5/h6-12,27H,1-5H3. The number of nitrogens with zero attached hydrogens (tertiary/aromatic N) is 3. The summed E-state index contributed by atoms with van der Waals surface area (Å²) in [6.07, 6.45) is 0. The zero-order valence-electron chi connectivity index (χ0n) is 18.4. The molecule has 0 fully saturated rings. The van der Waals surface area contributed by atoms with E-state index in [2.05, 4.69) is 22.0 Å². The van der Waals surface area contributed by atoms with E-state index in [4.69, 9.17) is 21.3 Å². The third-order valence-corrected chi connectivity index (χ3v) is 6.76. The molecule has 0 aliphatic rings. The molecule has 0 amide bonds. The topological polar surface area (TPSA) is 86.1 Å². The van der Waals surface area contributed by atoms with E-state index in [1.54, 1.807) is 19.1 Å². The predicted octanol–water partition coefficient (Wildman–Crippen LogP) is 5.12. The Morgan fingerprint density at radius 2 is 1.75 bits per heavy atom. The Morgan fingerprint density at radius 1 is 1.00 bits per heavy atom. The summed E-state index contributed by atoms with van der Waals surface area (Å²) in [5, 5.41) is 5.83. The Kier molecular flexibility index (Phi) is 5.60. The zero-order valence-corrected chi connectivity index (χ0v) is 20.0. The van der Waals surface area contributed by atoms with Gasteiger partial charge in [-0.1, -0.05) is 23.2 Å². The molecule has 0 radical (unpaired) electrons. The molecule has 0 atom stereocenters. The van der Waals surface area contributed by atoms with Crippen molar-refractivity contribution in [3.8, 4) is 11.6 Å². The van der Waals surface area contributed by atoms with Gasteiger partial charge in [0.05, 0.1) is 18.3 Å². The average Bonchev–Trinajstić information content (AvgIpc) is 3.08. The molecule has 2 aromatic heterocycles. The number of ether oxygens (including phenoxy) is 1. The Bertz CT molecular complexity index is 1460. The van der Waals surface area contributed by atoms with E-state index in [1.165, 1.54) is 23.9 Å². The number of sulfonamides is 1. The van der Waals surface area contributed by atoms with Crippen molar-refractivity contribution in [1.82, 2.24) is 14.8 Å². The molecule has 4 rings (SSSR count). The van der Waals surface area contributed by atoms with Crippen LogP contribution in [0.5, 0.6) is 5.75 Å². The van der Waals surface area contributed by atoms with Crippen LogP contribution in [0.3, 0.4) is 0 Å². The number of nitrogens with one attached hydrogen (secondary N) is 1. The number of fused-ring (bicyclic) bond motifs is 1. The van der Waals surface area contributed by atoms with Crippen LogP contribution in [0.4, 0.5) is 5.82 Å². The fourth-order valence-electron chi connectivity index (χ4n) is 3.74. The summed E-state index contributed by atoms with van der Waals surface area (Å²) in [4.78, 5) is 4.73. The first-order valence-corrected chi connectivity index (χ1v) is 11.8. The largest absolute Gasteiger partial charge is 0.495 e. The number of benzene rings is 2. The Hall–Kier alpha value is -3.10. The smallest absolute Gasteiger partial charge is 0.266 e. The number of anilines is 1. The van der Waals surface area contributed by atoms with Gasteiger partial charge in [0.1, 0.15) is 16.5 Å². The Balaban J connectivity index is 1.84. The van der Waals surface area contributed by atoms with Crippen LogP contribution in [0, 0.1) is 27.7 Å². The van der Waals surface area contributed by atoms with Crippen molar-refractivity contribution in [1.29, 1.82) is 0 Å². The monoisotopic (exact) mass is 470 g/mol. The van der Waals surface area contributed by atoms with E-state index >= 15 is 0 Å². The maximum Gasteiger partial charge on any atom is 0.266 e. The predicted molar refractivity (Wildman–Crippen MR) is 127 cm³/mol. The van der Waals surface area contributed by atoms with Crippen LogP contribution in [0.1, 0.15) is 22.4 Å². The second kappa shape index (κ2) is 8.11. The van der Waals surface area contributed by atoms with E-state index in [-0.39, 0.29) is 21.5 Å². The molecular weight excluding hydrogens is 448 g/mol. The maximum atomic E-state index is 13.2. The van der Waals surface area contributed by atoms with Gasteiger partial charge in [-0.25, -0.2) is 13.4 Å². The quantitative estimate of drug-likeness (QED) is 0.437. The van der Waals surface area contributed by atoms with Gasteiger partial charge in [0, 0.05) is 16.5 Å². The average molecular weight is 471 g/mol. The van der Waals surface area contributed by atoms with Crippen molar-refractivity contribution in [2.45, 2.75) is 32.6 Å². The maximum absolute atomic E-state index is 13.2. The third-order valence-electron chi connectivity index (χ3n) is 5.14. The number of aromatic nitrogens is 3. The van der Waals surface area contributed by atoms with Crippen LogP contribution in [-0.2, 0) is 10.0 Å². The van der Waals surface area contributed by atoms with E-state index in [1.807, 2.05) is 26.8 Å². The molecule has 0 aliphatic carbocycles. The second-order valence-electron chi connectivity index (χ2n) is 7.76. The first-order valence-electron chi connectivity index (χ1n) is 9.91. The lowest BCUT2D eigenvalue weighted by Crippen LogP contribution is -2.17. The first kappa shape index (κ1) is 22.1. The van der Waals surface area contributed by atoms with Crippen molar-refractivity contribution < 1.29 is 13.2 Å². The minimum absolute atomic E-state index is 0.0631. The number of hydrogen-bond donors (Lipinski definition) is 1. The summed E-state index contributed by atoms with van der Waals surface area (Å²) in [5.74, 6) is 0.974. The normalized spacial score (nSPS) is 11.7. The van der Waals surface area contributed by atoms with E-state index in [0.717, 1.165) is 27.6 Å². The van der Waals surface area contributed by atoms with Gasteiger partial charge < -0.3 is 4.74 Å². The molecule has 0 saturated carbocycles. The summed E-state index contributed by atoms with van der Waals surface area (Å²) >= 11 is 6.04. The van der Waals surface area contributed by atoms with Gasteiger partial charge in [-0.15, -0.1) is 0 Å². The molecule has 7 nitrogen and oxygen atoms in total. The second-order valence-corrected chi connectivity index (χ2v) is 9.85. The summed E-state index contributed by atoms with van der Waals surface area (Å²) < 4.78 is 35.7. The van der Waals surface area contributed by atoms with Crippen molar-refractivity contribution in [2.24, 2.45) is 0 Å². The number of halogens is 1. The minimum Gasteiger partial charge on any atom is -0.495 e. The molecule has 9 heteroatoms. The summed E-state index contributed by atoms with van der Waals surface area (Å²) in [7, 11) is -2.60. The van der Waals surface area contributed by atoms with Gasteiger partial charge in [0.15, 0.2) is 5.82 Å². The number of pyridine rings is 1. The van der Waals surface area contributed by atoms with Crippen LogP contribution in [0.2, 0.25) is 5.02 Å². The molecule has 1 N–H and O–H groups in total. The van der Waals surface area contributed by atoms with Crippen LogP contribution in [-0.4, -0.2) is 30.3 Å². The SMILES string of the molecule is COc1ccc(Cl)cc1S(=O)(=O)Nc1cc(C)nn1-c1cc(C)c2cc(C)cc(C)c2n1. The van der Waals surface area contributed by atoms with Crippen LogP contribution < -0.4 is 9.46 Å². The van der Waals surface area contributed by atoms with Crippen molar-refractivity contribution in [2.75, 3.05) is 11.8 Å². The lowest BCUT2D eigenvalue weighted by atomic mass is 10.0. The molecule has 0 unspecified atom stereocenters. The molecule has 4 aromatic rings. The van der Waals surface area contributed by atoms with Crippen LogP contribution in [0.15, 0.2) is 47.4 Å². The van der Waals surface area contributed by atoms with Crippen LogP contribution >= 0.6 is 11.6 Å². The minimum atomic E-state index is -4.01. The Labute approximate surface area is 192 Å². The molecular formula is C23H23ClN4O3S. The number of hydrogen-bond acceptors (Lipinski definition) is 5. The van der Waals surface area contributed by atoms with E-state index in [9.17, 15) is 8.42 Å². The summed E-state index contributed by atoms with van der Waals surface area (Å²) in [6, 6.07) is 12.1. The number of aryl methyl sites for hydroxylation is 4. The zero-order chi connectivity index (χ0) is 23.2. The number of methoxy groups -OCH3 is 1. The van der Waals surface area contributed by atoms with Crippen molar-refractivity contribution in [3.63, 3.8) is 0 Å².